The normalized spacial score (nSPS) is 26.6. The van der Waals surface area contributed by atoms with Crippen LogP contribution in [0.4, 0.5) is 0 Å². The monoisotopic (exact) mass is 328 g/mol. The average molecular weight is 328 g/mol. The van der Waals surface area contributed by atoms with Crippen LogP contribution in [0.3, 0.4) is 0 Å². The van der Waals surface area contributed by atoms with Gasteiger partial charge in [-0.1, -0.05) is 18.2 Å². The summed E-state index contributed by atoms with van der Waals surface area (Å²) in [7, 11) is 0. The number of hydrogen-bond donors (Lipinski definition) is 1. The summed E-state index contributed by atoms with van der Waals surface area (Å²) in [5.41, 5.74) is 1.15. The molecule has 7 heteroatoms. The van der Waals surface area contributed by atoms with E-state index in [-0.39, 0.29) is 24.2 Å². The maximum Gasteiger partial charge on any atom is 0.273 e. The zero-order chi connectivity index (χ0) is 16.4. The molecule has 2 aromatic rings. The SMILES string of the molecule is O=C(NC1CCC2OCCOC2C1)c1cnn(-c2ccccc2)n1. The first kappa shape index (κ1) is 15.3. The Bertz CT molecular complexity index is 703. The number of hydrogen-bond acceptors (Lipinski definition) is 5. The first-order valence-corrected chi connectivity index (χ1v) is 8.31. The van der Waals surface area contributed by atoms with Crippen LogP contribution < -0.4 is 5.32 Å². The van der Waals surface area contributed by atoms with Crippen LogP contribution in [0, 0.1) is 0 Å². The number of rotatable bonds is 3. The van der Waals surface area contributed by atoms with Gasteiger partial charge in [0.05, 0.1) is 37.3 Å². The van der Waals surface area contributed by atoms with Gasteiger partial charge >= 0.3 is 0 Å². The predicted molar refractivity (Wildman–Crippen MR) is 85.9 cm³/mol. The van der Waals surface area contributed by atoms with Crippen LogP contribution in [-0.2, 0) is 9.47 Å². The van der Waals surface area contributed by atoms with Crippen molar-refractivity contribution in [2.75, 3.05) is 13.2 Å². The second-order valence-corrected chi connectivity index (χ2v) is 6.16. The van der Waals surface area contributed by atoms with Gasteiger partial charge in [-0.3, -0.25) is 4.79 Å². The molecule has 0 spiro atoms. The zero-order valence-electron chi connectivity index (χ0n) is 13.3. The van der Waals surface area contributed by atoms with Gasteiger partial charge < -0.3 is 14.8 Å². The molecule has 126 valence electrons. The molecular weight excluding hydrogens is 308 g/mol. The molecule has 2 fully saturated rings. The van der Waals surface area contributed by atoms with E-state index in [1.807, 2.05) is 30.3 Å². The van der Waals surface area contributed by atoms with Gasteiger partial charge in [-0.15, -0.1) is 5.10 Å². The molecular formula is C17H20N4O3. The second-order valence-electron chi connectivity index (χ2n) is 6.16. The molecule has 1 saturated heterocycles. The highest BCUT2D eigenvalue weighted by atomic mass is 16.6. The third kappa shape index (κ3) is 3.18. The van der Waals surface area contributed by atoms with Crippen LogP contribution >= 0.6 is 0 Å². The molecule has 0 radical (unpaired) electrons. The Morgan fingerprint density at radius 1 is 1.12 bits per heavy atom. The van der Waals surface area contributed by atoms with Crippen LogP contribution in [0.1, 0.15) is 29.8 Å². The molecule has 1 aromatic heterocycles. The first-order chi connectivity index (χ1) is 11.8. The van der Waals surface area contributed by atoms with Crippen LogP contribution in [0.5, 0.6) is 0 Å². The number of carbonyl (C=O) groups excluding carboxylic acids is 1. The van der Waals surface area contributed by atoms with Crippen LogP contribution in [0.15, 0.2) is 36.5 Å². The molecule has 4 rings (SSSR count). The number of nitrogens with one attached hydrogen (secondary N) is 1. The Kier molecular flexibility index (Phi) is 4.27. The van der Waals surface area contributed by atoms with Crippen LogP contribution in [0.25, 0.3) is 5.69 Å². The van der Waals surface area contributed by atoms with E-state index in [4.69, 9.17) is 9.47 Å². The highest BCUT2D eigenvalue weighted by molar-refractivity contribution is 5.92. The summed E-state index contributed by atoms with van der Waals surface area (Å²) in [6.07, 6.45) is 4.33. The Labute approximate surface area is 139 Å². The lowest BCUT2D eigenvalue weighted by Gasteiger charge is -2.38. The number of aromatic nitrogens is 3. The number of fused-ring (bicyclic) bond motifs is 1. The van der Waals surface area contributed by atoms with Crippen molar-refractivity contribution in [2.45, 2.75) is 37.5 Å². The van der Waals surface area contributed by atoms with Crippen LogP contribution in [-0.4, -0.2) is 52.4 Å². The molecule has 3 unspecified atom stereocenters. The van der Waals surface area contributed by atoms with Crippen molar-refractivity contribution >= 4 is 5.91 Å². The van der Waals surface area contributed by atoms with E-state index in [0.29, 0.717) is 18.9 Å². The molecule has 0 bridgehead atoms. The van der Waals surface area contributed by atoms with Crippen molar-refractivity contribution in [1.29, 1.82) is 0 Å². The third-order valence-electron chi connectivity index (χ3n) is 4.53. The lowest BCUT2D eigenvalue weighted by atomic mass is 9.89. The molecule has 1 amide bonds. The second kappa shape index (κ2) is 6.70. The van der Waals surface area contributed by atoms with E-state index >= 15 is 0 Å². The van der Waals surface area contributed by atoms with Crippen molar-refractivity contribution < 1.29 is 14.3 Å². The van der Waals surface area contributed by atoms with Crippen molar-refractivity contribution in [2.24, 2.45) is 0 Å². The lowest BCUT2D eigenvalue weighted by molar-refractivity contribution is -0.157. The van der Waals surface area contributed by atoms with E-state index in [2.05, 4.69) is 15.5 Å². The van der Waals surface area contributed by atoms with Crippen molar-refractivity contribution in [3.8, 4) is 5.69 Å². The van der Waals surface area contributed by atoms with Gasteiger partial charge in [0, 0.05) is 6.04 Å². The standard InChI is InChI=1S/C17H20N4O3/c22-17(14-11-18-21(20-14)13-4-2-1-3-5-13)19-12-6-7-15-16(10-12)24-9-8-23-15/h1-5,11-12,15-16H,6-10H2,(H,19,22). The van der Waals surface area contributed by atoms with Gasteiger partial charge in [0.25, 0.3) is 5.91 Å². The number of nitrogens with zero attached hydrogens (tertiary/aromatic N) is 3. The number of amides is 1. The Morgan fingerprint density at radius 3 is 2.75 bits per heavy atom. The van der Waals surface area contributed by atoms with Crippen molar-refractivity contribution in [3.05, 3.63) is 42.2 Å². The fourth-order valence-electron chi connectivity index (χ4n) is 3.31. The Hall–Kier alpha value is -2.25. The maximum atomic E-state index is 12.4. The van der Waals surface area contributed by atoms with Crippen LogP contribution in [0.2, 0.25) is 0 Å². The number of para-hydroxylation sites is 1. The van der Waals surface area contributed by atoms with E-state index in [9.17, 15) is 4.79 Å². The highest BCUT2D eigenvalue weighted by Gasteiger charge is 2.35. The fraction of sp³-hybridized carbons (Fsp3) is 0.471. The summed E-state index contributed by atoms with van der Waals surface area (Å²) < 4.78 is 11.5. The van der Waals surface area contributed by atoms with Crippen molar-refractivity contribution in [3.63, 3.8) is 0 Å². The minimum Gasteiger partial charge on any atom is -0.373 e. The summed E-state index contributed by atoms with van der Waals surface area (Å²) in [4.78, 5) is 13.9. The average Bonchev–Trinajstić information content (AvgIpc) is 3.13. The fourth-order valence-corrected chi connectivity index (χ4v) is 3.31. The maximum absolute atomic E-state index is 12.4. The minimum atomic E-state index is -0.197. The molecule has 24 heavy (non-hydrogen) atoms. The third-order valence-corrected chi connectivity index (χ3v) is 4.53. The van der Waals surface area contributed by atoms with E-state index in [1.165, 1.54) is 11.0 Å². The molecule has 2 heterocycles. The first-order valence-electron chi connectivity index (χ1n) is 8.31. The van der Waals surface area contributed by atoms with Gasteiger partial charge in [-0.25, -0.2) is 0 Å². The quantitative estimate of drug-likeness (QED) is 0.920. The highest BCUT2D eigenvalue weighted by Crippen LogP contribution is 2.26. The summed E-state index contributed by atoms with van der Waals surface area (Å²) in [5, 5.41) is 11.5. The molecule has 1 aliphatic heterocycles. The summed E-state index contributed by atoms with van der Waals surface area (Å²) in [5.74, 6) is -0.197. The molecule has 7 nitrogen and oxygen atoms in total. The smallest absolute Gasteiger partial charge is 0.273 e. The minimum absolute atomic E-state index is 0.0813. The molecule has 1 aromatic carbocycles. The largest absolute Gasteiger partial charge is 0.373 e. The Morgan fingerprint density at radius 2 is 1.92 bits per heavy atom. The molecule has 1 saturated carbocycles. The van der Waals surface area contributed by atoms with Gasteiger partial charge in [-0.05, 0) is 31.4 Å². The lowest BCUT2D eigenvalue weighted by Crippen LogP contribution is -2.49. The van der Waals surface area contributed by atoms with Gasteiger partial charge in [-0.2, -0.15) is 9.90 Å². The predicted octanol–water partition coefficient (Wildman–Crippen LogP) is 1.33. The number of benzene rings is 1. The van der Waals surface area contributed by atoms with E-state index in [0.717, 1.165) is 24.9 Å². The topological polar surface area (TPSA) is 78.3 Å². The number of ether oxygens (including phenoxy) is 2. The van der Waals surface area contributed by atoms with E-state index in [1.54, 1.807) is 0 Å². The van der Waals surface area contributed by atoms with Gasteiger partial charge in [0.1, 0.15) is 0 Å². The summed E-state index contributed by atoms with van der Waals surface area (Å²) >= 11 is 0. The Balaban J connectivity index is 1.39. The molecule has 2 aliphatic rings. The van der Waals surface area contributed by atoms with E-state index < -0.39 is 0 Å². The van der Waals surface area contributed by atoms with Crippen molar-refractivity contribution in [1.82, 2.24) is 20.3 Å². The van der Waals surface area contributed by atoms with Gasteiger partial charge in [0.2, 0.25) is 0 Å². The molecule has 1 aliphatic carbocycles. The summed E-state index contributed by atoms with van der Waals surface area (Å²) in [6.45, 7) is 1.30. The molecule has 1 N–H and O–H groups in total. The van der Waals surface area contributed by atoms with Gasteiger partial charge in [0.15, 0.2) is 5.69 Å². The number of carbonyl (C=O) groups is 1. The summed E-state index contributed by atoms with van der Waals surface area (Å²) in [6, 6.07) is 9.61. The zero-order valence-corrected chi connectivity index (χ0v) is 13.3. The molecule has 3 atom stereocenters.